The molecule has 0 spiro atoms. The highest BCUT2D eigenvalue weighted by Gasteiger charge is 2.28. The van der Waals surface area contributed by atoms with Gasteiger partial charge in [-0.05, 0) is 37.1 Å². The topological polar surface area (TPSA) is 90.5 Å². The molecule has 1 heterocycles. The third kappa shape index (κ3) is 5.01. The Kier molecular flexibility index (Phi) is 6.49. The van der Waals surface area contributed by atoms with Crippen LogP contribution in [0.15, 0.2) is 54.6 Å². The fourth-order valence-electron chi connectivity index (χ4n) is 3.03. The summed E-state index contributed by atoms with van der Waals surface area (Å²) >= 11 is 5.98. The molecule has 0 bridgehead atoms. The zero-order valence-electron chi connectivity index (χ0n) is 15.2. The van der Waals surface area contributed by atoms with Crippen LogP contribution in [-0.4, -0.2) is 35.8 Å². The Morgan fingerprint density at radius 1 is 0.964 bits per heavy atom. The summed E-state index contributed by atoms with van der Waals surface area (Å²) in [6, 6.07) is 15.5. The molecule has 2 aromatic carbocycles. The Labute approximate surface area is 168 Å². The van der Waals surface area contributed by atoms with Crippen LogP contribution in [0, 0.1) is 5.92 Å². The van der Waals surface area contributed by atoms with Crippen molar-refractivity contribution >= 4 is 35.1 Å². The molecule has 146 valence electrons. The summed E-state index contributed by atoms with van der Waals surface area (Å²) in [5.74, 6) is -1.23. The average molecular weight is 401 g/mol. The van der Waals surface area contributed by atoms with E-state index in [9.17, 15) is 14.4 Å². The number of carbonyl (C=O) groups is 3. The number of nitrogens with one attached hydrogen (secondary N) is 3. The molecule has 0 aromatic heterocycles. The number of carbonyl (C=O) groups excluding carboxylic acids is 3. The van der Waals surface area contributed by atoms with E-state index in [0.29, 0.717) is 30.1 Å². The van der Waals surface area contributed by atoms with Crippen LogP contribution < -0.4 is 16.2 Å². The van der Waals surface area contributed by atoms with E-state index in [1.807, 2.05) is 18.2 Å². The number of likely N-dealkylation sites (tertiary alicyclic amines) is 1. The fourth-order valence-corrected chi connectivity index (χ4v) is 3.25. The Bertz CT molecular complexity index is 860. The van der Waals surface area contributed by atoms with E-state index in [0.717, 1.165) is 0 Å². The van der Waals surface area contributed by atoms with E-state index in [-0.39, 0.29) is 24.0 Å². The molecular formula is C20H21ClN4O3. The average Bonchev–Trinajstić information content (AvgIpc) is 2.73. The molecule has 8 heteroatoms. The Hall–Kier alpha value is -3.06. The lowest BCUT2D eigenvalue weighted by atomic mass is 9.98. The minimum atomic E-state index is -0.492. The predicted octanol–water partition coefficient (Wildman–Crippen LogP) is 3.05. The van der Waals surface area contributed by atoms with Crippen molar-refractivity contribution in [2.75, 3.05) is 18.4 Å². The minimum absolute atomic E-state index is 0.246. The molecule has 3 N–H and O–H groups in total. The van der Waals surface area contributed by atoms with Crippen LogP contribution in [0.5, 0.6) is 0 Å². The highest BCUT2D eigenvalue weighted by atomic mass is 35.5. The third-order valence-corrected chi connectivity index (χ3v) is 4.85. The largest absolute Gasteiger partial charge is 0.324 e. The lowest BCUT2D eigenvalue weighted by molar-refractivity contribution is -0.127. The third-order valence-electron chi connectivity index (χ3n) is 4.52. The maximum absolute atomic E-state index is 12.4. The summed E-state index contributed by atoms with van der Waals surface area (Å²) in [5, 5.41) is 3.12. The number of rotatable bonds is 3. The molecule has 2 aromatic rings. The van der Waals surface area contributed by atoms with Gasteiger partial charge in [0.15, 0.2) is 0 Å². The van der Waals surface area contributed by atoms with E-state index in [1.54, 1.807) is 41.3 Å². The smallest absolute Gasteiger partial charge is 0.321 e. The number of para-hydroxylation sites is 1. The van der Waals surface area contributed by atoms with E-state index in [1.165, 1.54) is 0 Å². The number of hydrazine groups is 1. The van der Waals surface area contributed by atoms with Crippen LogP contribution in [0.2, 0.25) is 5.02 Å². The molecule has 0 radical (unpaired) electrons. The highest BCUT2D eigenvalue weighted by Crippen LogP contribution is 2.18. The second kappa shape index (κ2) is 9.23. The number of amides is 4. The standard InChI is InChI=1S/C20H21ClN4O3/c21-17-11-5-4-10-16(17)19(27)24-23-18(26)14-7-6-12-25(13-14)20(28)22-15-8-2-1-3-9-15/h1-5,8-11,14H,6-7,12-13H2,(H,22,28)(H,23,26)(H,24,27)/t14-/m1/s1. The fraction of sp³-hybridized carbons (Fsp3) is 0.250. The number of piperidine rings is 1. The molecule has 1 atom stereocenters. The molecule has 3 rings (SSSR count). The maximum Gasteiger partial charge on any atom is 0.321 e. The van der Waals surface area contributed by atoms with E-state index in [4.69, 9.17) is 11.6 Å². The first-order valence-electron chi connectivity index (χ1n) is 9.00. The van der Waals surface area contributed by atoms with Crippen LogP contribution in [0.4, 0.5) is 10.5 Å². The van der Waals surface area contributed by atoms with Crippen molar-refractivity contribution in [3.8, 4) is 0 Å². The number of nitrogens with zero attached hydrogens (tertiary/aromatic N) is 1. The molecule has 7 nitrogen and oxygen atoms in total. The van der Waals surface area contributed by atoms with Gasteiger partial charge in [-0.25, -0.2) is 4.79 Å². The number of halogens is 1. The van der Waals surface area contributed by atoms with Crippen LogP contribution in [0.25, 0.3) is 0 Å². The second-order valence-corrected chi connectivity index (χ2v) is 6.91. The first-order chi connectivity index (χ1) is 13.5. The molecule has 0 aliphatic carbocycles. The minimum Gasteiger partial charge on any atom is -0.324 e. The van der Waals surface area contributed by atoms with Crippen molar-refractivity contribution in [3.63, 3.8) is 0 Å². The quantitative estimate of drug-likeness (QED) is 0.691. The van der Waals surface area contributed by atoms with Gasteiger partial charge in [-0.3, -0.25) is 20.4 Å². The Morgan fingerprint density at radius 2 is 1.68 bits per heavy atom. The monoisotopic (exact) mass is 400 g/mol. The molecule has 4 amide bonds. The van der Waals surface area contributed by atoms with E-state index < -0.39 is 11.8 Å². The van der Waals surface area contributed by atoms with Crippen molar-refractivity contribution in [1.29, 1.82) is 0 Å². The normalized spacial score (nSPS) is 16.2. The summed E-state index contributed by atoms with van der Waals surface area (Å²) in [4.78, 5) is 38.6. The van der Waals surface area contributed by atoms with Crippen LogP contribution in [0.3, 0.4) is 0 Å². The van der Waals surface area contributed by atoms with Crippen molar-refractivity contribution in [1.82, 2.24) is 15.8 Å². The van der Waals surface area contributed by atoms with Gasteiger partial charge in [0.1, 0.15) is 0 Å². The number of benzene rings is 2. The molecule has 1 fully saturated rings. The van der Waals surface area contributed by atoms with E-state index >= 15 is 0 Å². The van der Waals surface area contributed by atoms with Crippen LogP contribution in [0.1, 0.15) is 23.2 Å². The Balaban J connectivity index is 1.52. The van der Waals surface area contributed by atoms with Crippen LogP contribution >= 0.6 is 11.6 Å². The number of hydrogen-bond donors (Lipinski definition) is 3. The van der Waals surface area contributed by atoms with Crippen molar-refractivity contribution < 1.29 is 14.4 Å². The number of anilines is 1. The van der Waals surface area contributed by atoms with Gasteiger partial charge in [0, 0.05) is 18.8 Å². The highest BCUT2D eigenvalue weighted by molar-refractivity contribution is 6.33. The van der Waals surface area contributed by atoms with Gasteiger partial charge in [0.05, 0.1) is 16.5 Å². The van der Waals surface area contributed by atoms with Gasteiger partial charge in [0.25, 0.3) is 5.91 Å². The van der Waals surface area contributed by atoms with Crippen molar-refractivity contribution in [2.45, 2.75) is 12.8 Å². The summed E-state index contributed by atoms with van der Waals surface area (Å²) in [5.41, 5.74) is 5.79. The Morgan fingerprint density at radius 3 is 2.43 bits per heavy atom. The maximum atomic E-state index is 12.4. The zero-order valence-corrected chi connectivity index (χ0v) is 15.9. The van der Waals surface area contributed by atoms with Gasteiger partial charge in [-0.1, -0.05) is 41.9 Å². The molecule has 0 saturated carbocycles. The summed E-state index contributed by atoms with van der Waals surface area (Å²) < 4.78 is 0. The predicted molar refractivity (Wildman–Crippen MR) is 107 cm³/mol. The molecular weight excluding hydrogens is 380 g/mol. The first kappa shape index (κ1) is 19.7. The van der Waals surface area contributed by atoms with E-state index in [2.05, 4.69) is 16.2 Å². The molecule has 28 heavy (non-hydrogen) atoms. The van der Waals surface area contributed by atoms with Gasteiger partial charge in [0.2, 0.25) is 5.91 Å². The SMILES string of the molecule is O=C(NNC(=O)[C@@H]1CCCN(C(=O)Nc2ccccc2)C1)c1ccccc1Cl. The van der Waals surface area contributed by atoms with Gasteiger partial charge in [-0.2, -0.15) is 0 Å². The lowest BCUT2D eigenvalue weighted by Gasteiger charge is -2.32. The van der Waals surface area contributed by atoms with Gasteiger partial charge >= 0.3 is 6.03 Å². The van der Waals surface area contributed by atoms with Crippen LogP contribution in [-0.2, 0) is 4.79 Å². The summed E-state index contributed by atoms with van der Waals surface area (Å²) in [6.45, 7) is 0.862. The van der Waals surface area contributed by atoms with Crippen molar-refractivity contribution in [2.24, 2.45) is 5.92 Å². The molecule has 1 saturated heterocycles. The lowest BCUT2D eigenvalue weighted by Crippen LogP contribution is -2.50. The first-order valence-corrected chi connectivity index (χ1v) is 9.38. The van der Waals surface area contributed by atoms with Gasteiger partial charge < -0.3 is 10.2 Å². The second-order valence-electron chi connectivity index (χ2n) is 6.50. The van der Waals surface area contributed by atoms with Gasteiger partial charge in [-0.15, -0.1) is 0 Å². The summed E-state index contributed by atoms with van der Waals surface area (Å²) in [7, 11) is 0. The van der Waals surface area contributed by atoms with Crippen molar-refractivity contribution in [3.05, 3.63) is 65.2 Å². The molecule has 1 aliphatic heterocycles. The zero-order chi connectivity index (χ0) is 19.9. The number of urea groups is 1. The molecule has 0 unspecified atom stereocenters. The number of hydrogen-bond acceptors (Lipinski definition) is 3. The molecule has 1 aliphatic rings. The summed E-state index contributed by atoms with van der Waals surface area (Å²) in [6.07, 6.45) is 1.35.